The van der Waals surface area contributed by atoms with Crippen molar-refractivity contribution in [3.63, 3.8) is 0 Å². The molecule has 4 atom stereocenters. The second-order valence-electron chi connectivity index (χ2n) is 11.0. The lowest BCUT2D eigenvalue weighted by Crippen LogP contribution is -2.58. The molecule has 0 aliphatic carbocycles. The van der Waals surface area contributed by atoms with Crippen LogP contribution in [0.25, 0.3) is 10.9 Å². The Bertz CT molecular complexity index is 1740. The summed E-state index contributed by atoms with van der Waals surface area (Å²) in [5.74, 6) is -5.42. The fourth-order valence-corrected chi connectivity index (χ4v) is 4.98. The molecule has 14 heteroatoms. The zero-order valence-corrected chi connectivity index (χ0v) is 25.1. The molecule has 4 rings (SSSR count). The van der Waals surface area contributed by atoms with Gasteiger partial charge in [0.05, 0.1) is 12.5 Å². The van der Waals surface area contributed by atoms with Gasteiger partial charge in [0.25, 0.3) is 0 Å². The van der Waals surface area contributed by atoms with Crippen LogP contribution in [-0.2, 0) is 43.2 Å². The minimum Gasteiger partial charge on any atom is -0.508 e. The van der Waals surface area contributed by atoms with Crippen molar-refractivity contribution < 1.29 is 44.4 Å². The molecule has 0 aliphatic rings. The average molecular weight is 646 g/mol. The van der Waals surface area contributed by atoms with Crippen LogP contribution in [0.4, 0.5) is 0 Å². The Morgan fingerprint density at radius 3 is 1.74 bits per heavy atom. The number of para-hydroxylation sites is 1. The highest BCUT2D eigenvalue weighted by Gasteiger charge is 2.32. The number of amides is 3. The lowest BCUT2D eigenvalue weighted by atomic mass is 10.0. The van der Waals surface area contributed by atoms with Gasteiger partial charge in [-0.1, -0.05) is 42.5 Å². The van der Waals surface area contributed by atoms with Crippen molar-refractivity contribution >= 4 is 40.6 Å². The molecule has 0 fully saturated rings. The number of H-pyrrole nitrogens is 1. The number of aromatic hydroxyl groups is 2. The Labute approximate surface area is 268 Å². The van der Waals surface area contributed by atoms with E-state index in [0.717, 1.165) is 10.9 Å². The van der Waals surface area contributed by atoms with Crippen molar-refractivity contribution in [3.8, 4) is 11.5 Å². The Hall–Kier alpha value is -5.89. The van der Waals surface area contributed by atoms with Crippen LogP contribution in [0.1, 0.15) is 23.1 Å². The largest absolute Gasteiger partial charge is 0.508 e. The van der Waals surface area contributed by atoms with Crippen LogP contribution in [0.2, 0.25) is 0 Å². The molecule has 0 radical (unpaired) electrons. The Morgan fingerprint density at radius 2 is 1.17 bits per heavy atom. The summed E-state index contributed by atoms with van der Waals surface area (Å²) in [5.41, 5.74) is 8.74. The van der Waals surface area contributed by atoms with Crippen LogP contribution in [-0.4, -0.2) is 79.2 Å². The van der Waals surface area contributed by atoms with Gasteiger partial charge in [-0.25, -0.2) is 4.79 Å². The Morgan fingerprint density at radius 1 is 0.660 bits per heavy atom. The number of carboxylic acids is 2. The summed E-state index contributed by atoms with van der Waals surface area (Å²) in [6, 6.07) is 13.7. The fraction of sp³-hybridized carbons (Fsp3) is 0.242. The second kappa shape index (κ2) is 15.4. The molecule has 1 aromatic heterocycles. The summed E-state index contributed by atoms with van der Waals surface area (Å²) in [5, 5.41) is 46.1. The van der Waals surface area contributed by atoms with Gasteiger partial charge in [0, 0.05) is 29.9 Å². The molecule has 0 saturated heterocycles. The molecule has 47 heavy (non-hydrogen) atoms. The number of benzene rings is 3. The van der Waals surface area contributed by atoms with E-state index in [-0.39, 0.29) is 30.8 Å². The van der Waals surface area contributed by atoms with Crippen molar-refractivity contribution in [1.29, 1.82) is 0 Å². The highest BCUT2D eigenvalue weighted by atomic mass is 16.4. The summed E-state index contributed by atoms with van der Waals surface area (Å²) >= 11 is 0. The molecule has 0 bridgehead atoms. The van der Waals surface area contributed by atoms with E-state index in [2.05, 4.69) is 20.9 Å². The first-order valence-electron chi connectivity index (χ1n) is 14.6. The molecule has 0 aliphatic heterocycles. The van der Waals surface area contributed by atoms with Crippen LogP contribution >= 0.6 is 0 Å². The SMILES string of the molecule is NC(Cc1ccc(O)cc1)C(=O)NC(Cc1ccc(O)cc1)C(=O)NC(Cc1c[nH]c2ccccc12)C(=O)NC(CC(=O)O)C(=O)O. The zero-order valence-electron chi connectivity index (χ0n) is 25.1. The average Bonchev–Trinajstić information content (AvgIpc) is 3.44. The van der Waals surface area contributed by atoms with Crippen LogP contribution in [0, 0.1) is 0 Å². The number of carbonyl (C=O) groups excluding carboxylic acids is 3. The van der Waals surface area contributed by atoms with Crippen LogP contribution in [0.15, 0.2) is 79.0 Å². The number of phenols is 2. The number of carboxylic acid groups (broad SMARTS) is 2. The lowest BCUT2D eigenvalue weighted by molar-refractivity contribution is -0.147. The highest BCUT2D eigenvalue weighted by Crippen LogP contribution is 2.20. The van der Waals surface area contributed by atoms with Gasteiger partial charge >= 0.3 is 11.9 Å². The van der Waals surface area contributed by atoms with E-state index in [0.29, 0.717) is 16.7 Å². The molecule has 4 unspecified atom stereocenters. The summed E-state index contributed by atoms with van der Waals surface area (Å²) in [6.45, 7) is 0. The standard InChI is InChI=1S/C33H35N5O9/c34-24(13-18-5-9-21(39)10-6-18)30(43)36-26(14-19-7-11-22(40)12-8-19)31(44)37-27(32(45)38-28(33(46)47)16-29(41)42)15-20-17-35-25-4-2-1-3-23(20)25/h1-12,17,24,26-28,35,39-40H,13-16,34H2,(H,36,43)(H,37,44)(H,38,45)(H,41,42)(H,46,47). The fourth-order valence-electron chi connectivity index (χ4n) is 4.98. The normalized spacial score (nSPS) is 13.6. The number of fused-ring (bicyclic) bond motifs is 1. The number of nitrogens with two attached hydrogens (primary N) is 1. The molecule has 0 spiro atoms. The molecule has 1 heterocycles. The predicted molar refractivity (Wildman–Crippen MR) is 169 cm³/mol. The quantitative estimate of drug-likeness (QED) is 0.0886. The van der Waals surface area contributed by atoms with Gasteiger partial charge < -0.3 is 47.1 Å². The number of aromatic amines is 1. The van der Waals surface area contributed by atoms with Crippen molar-refractivity contribution in [2.24, 2.45) is 5.73 Å². The van der Waals surface area contributed by atoms with E-state index < -0.39 is 60.2 Å². The minimum absolute atomic E-state index is 0.0143. The highest BCUT2D eigenvalue weighted by molar-refractivity contribution is 5.95. The van der Waals surface area contributed by atoms with Gasteiger partial charge in [-0.2, -0.15) is 0 Å². The molecule has 0 saturated carbocycles. The van der Waals surface area contributed by atoms with Gasteiger partial charge in [-0.05, 0) is 53.4 Å². The monoisotopic (exact) mass is 645 g/mol. The molecule has 3 amide bonds. The number of carbonyl (C=O) groups is 5. The smallest absolute Gasteiger partial charge is 0.326 e. The molecule has 3 aromatic carbocycles. The lowest BCUT2D eigenvalue weighted by Gasteiger charge is -2.25. The summed E-state index contributed by atoms with van der Waals surface area (Å²) in [6.07, 6.45) is 0.656. The third-order valence-corrected chi connectivity index (χ3v) is 7.46. The van der Waals surface area contributed by atoms with Crippen LogP contribution < -0.4 is 21.7 Å². The first kappa shape index (κ1) is 34.0. The molecule has 4 aromatic rings. The number of hydrogen-bond donors (Lipinski definition) is 9. The first-order chi connectivity index (χ1) is 22.4. The molecular weight excluding hydrogens is 610 g/mol. The summed E-state index contributed by atoms with van der Waals surface area (Å²) < 4.78 is 0. The summed E-state index contributed by atoms with van der Waals surface area (Å²) in [4.78, 5) is 66.5. The Kier molecular flexibility index (Phi) is 11.1. The van der Waals surface area contributed by atoms with Gasteiger partial charge in [0.1, 0.15) is 29.6 Å². The van der Waals surface area contributed by atoms with E-state index >= 15 is 0 Å². The third kappa shape index (κ3) is 9.55. The molecule has 14 nitrogen and oxygen atoms in total. The van der Waals surface area contributed by atoms with Gasteiger partial charge in [-0.15, -0.1) is 0 Å². The third-order valence-electron chi connectivity index (χ3n) is 7.46. The number of phenolic OH excluding ortho intramolecular Hbond substituents is 2. The maximum absolute atomic E-state index is 13.8. The Balaban J connectivity index is 1.60. The number of aromatic nitrogens is 1. The van der Waals surface area contributed by atoms with Gasteiger partial charge in [0.15, 0.2) is 0 Å². The van der Waals surface area contributed by atoms with Gasteiger partial charge in [0.2, 0.25) is 17.7 Å². The first-order valence-corrected chi connectivity index (χ1v) is 14.6. The van der Waals surface area contributed by atoms with E-state index in [9.17, 15) is 39.3 Å². The number of aliphatic carboxylic acids is 2. The van der Waals surface area contributed by atoms with Crippen LogP contribution in [0.5, 0.6) is 11.5 Å². The van der Waals surface area contributed by atoms with Gasteiger partial charge in [-0.3, -0.25) is 19.2 Å². The zero-order chi connectivity index (χ0) is 34.1. The van der Waals surface area contributed by atoms with Crippen molar-refractivity contribution in [2.45, 2.75) is 49.9 Å². The summed E-state index contributed by atoms with van der Waals surface area (Å²) in [7, 11) is 0. The van der Waals surface area contributed by atoms with Crippen LogP contribution in [0.3, 0.4) is 0 Å². The predicted octanol–water partition coefficient (Wildman–Crippen LogP) is 0.948. The number of rotatable bonds is 15. The van der Waals surface area contributed by atoms with E-state index in [1.165, 1.54) is 24.3 Å². The molecule has 246 valence electrons. The number of nitrogens with one attached hydrogen (secondary N) is 4. The van der Waals surface area contributed by atoms with E-state index in [4.69, 9.17) is 10.8 Å². The van der Waals surface area contributed by atoms with Crippen molar-refractivity contribution in [1.82, 2.24) is 20.9 Å². The topological polar surface area (TPSA) is 244 Å². The molecular formula is C33H35N5O9. The maximum atomic E-state index is 13.8. The maximum Gasteiger partial charge on any atom is 0.326 e. The minimum atomic E-state index is -1.77. The van der Waals surface area contributed by atoms with E-state index in [1.54, 1.807) is 48.7 Å². The van der Waals surface area contributed by atoms with E-state index in [1.807, 2.05) is 6.07 Å². The number of hydrogen-bond acceptors (Lipinski definition) is 8. The van der Waals surface area contributed by atoms with Crippen molar-refractivity contribution in [2.75, 3.05) is 0 Å². The second-order valence-corrected chi connectivity index (χ2v) is 11.0. The molecule has 10 N–H and O–H groups in total. The van der Waals surface area contributed by atoms with Crippen molar-refractivity contribution in [3.05, 3.63) is 95.7 Å².